The van der Waals surface area contributed by atoms with E-state index < -0.39 is 10.0 Å². The average Bonchev–Trinajstić information content (AvgIpc) is 3.33. The summed E-state index contributed by atoms with van der Waals surface area (Å²) in [4.78, 5) is 27.0. The van der Waals surface area contributed by atoms with Gasteiger partial charge in [0.25, 0.3) is 5.91 Å². The Hall–Kier alpha value is -3.23. The number of aryl methyl sites for hydroxylation is 1. The quantitative estimate of drug-likeness (QED) is 0.488. The van der Waals surface area contributed by atoms with E-state index in [1.807, 2.05) is 43.0 Å². The van der Waals surface area contributed by atoms with Gasteiger partial charge in [0.15, 0.2) is 0 Å². The van der Waals surface area contributed by atoms with Gasteiger partial charge in [-0.2, -0.15) is 0 Å². The van der Waals surface area contributed by atoms with Crippen LogP contribution in [-0.4, -0.2) is 44.8 Å². The summed E-state index contributed by atoms with van der Waals surface area (Å²) in [5.41, 5.74) is 1.98. The van der Waals surface area contributed by atoms with Crippen LogP contribution in [0, 0.1) is 12.8 Å². The van der Waals surface area contributed by atoms with Crippen molar-refractivity contribution >= 4 is 38.3 Å². The van der Waals surface area contributed by atoms with E-state index in [2.05, 4.69) is 10.0 Å². The number of fused-ring (bicyclic) bond motifs is 1. The van der Waals surface area contributed by atoms with E-state index in [0.717, 1.165) is 18.4 Å². The molecule has 0 bridgehead atoms. The highest BCUT2D eigenvalue weighted by Gasteiger charge is 2.27. The zero-order chi connectivity index (χ0) is 25.0. The Labute approximate surface area is 206 Å². The SMILES string of the molecule is CCCC(=O)N1CCC(CNS(=O)(=O)c2ccc(NC(=O)c3ccccc3C)c3ccccc23)C1. The van der Waals surface area contributed by atoms with Gasteiger partial charge in [-0.15, -0.1) is 0 Å². The normalized spacial score (nSPS) is 15.9. The molecule has 1 fully saturated rings. The largest absolute Gasteiger partial charge is 0.342 e. The molecular weight excluding hydrogens is 462 g/mol. The van der Waals surface area contributed by atoms with Gasteiger partial charge in [0.1, 0.15) is 0 Å². The zero-order valence-electron chi connectivity index (χ0n) is 20.1. The zero-order valence-corrected chi connectivity index (χ0v) is 20.9. The van der Waals surface area contributed by atoms with Gasteiger partial charge in [-0.25, -0.2) is 13.1 Å². The molecule has 1 saturated heterocycles. The van der Waals surface area contributed by atoms with Crippen LogP contribution >= 0.6 is 0 Å². The molecule has 184 valence electrons. The molecule has 8 heteroatoms. The monoisotopic (exact) mass is 493 g/mol. The van der Waals surface area contributed by atoms with Crippen LogP contribution in [0.4, 0.5) is 5.69 Å². The Morgan fingerprint density at radius 3 is 2.46 bits per heavy atom. The molecule has 0 radical (unpaired) electrons. The molecule has 3 aromatic carbocycles. The number of carbonyl (C=O) groups excluding carboxylic acids is 2. The van der Waals surface area contributed by atoms with E-state index in [0.29, 0.717) is 41.5 Å². The summed E-state index contributed by atoms with van der Waals surface area (Å²) in [6.07, 6.45) is 2.11. The second-order valence-electron chi connectivity index (χ2n) is 9.02. The summed E-state index contributed by atoms with van der Waals surface area (Å²) >= 11 is 0. The Kier molecular flexibility index (Phi) is 7.52. The predicted molar refractivity (Wildman–Crippen MR) is 138 cm³/mol. The van der Waals surface area contributed by atoms with Crippen molar-refractivity contribution in [2.24, 2.45) is 5.92 Å². The Bertz CT molecular complexity index is 1350. The van der Waals surface area contributed by atoms with Crippen molar-refractivity contribution in [3.05, 3.63) is 71.8 Å². The van der Waals surface area contributed by atoms with Crippen molar-refractivity contribution in [3.8, 4) is 0 Å². The number of carbonyl (C=O) groups is 2. The molecule has 0 spiro atoms. The Balaban J connectivity index is 1.52. The van der Waals surface area contributed by atoms with E-state index in [4.69, 9.17) is 0 Å². The van der Waals surface area contributed by atoms with Gasteiger partial charge in [0.05, 0.1) is 4.90 Å². The van der Waals surface area contributed by atoms with Crippen LogP contribution in [0.1, 0.15) is 42.1 Å². The molecule has 0 aromatic heterocycles. The van der Waals surface area contributed by atoms with Crippen molar-refractivity contribution in [2.75, 3.05) is 25.0 Å². The lowest BCUT2D eigenvalue weighted by atomic mass is 10.1. The summed E-state index contributed by atoms with van der Waals surface area (Å²) in [6.45, 7) is 5.37. The molecule has 1 atom stereocenters. The number of anilines is 1. The van der Waals surface area contributed by atoms with Crippen LogP contribution in [0.15, 0.2) is 65.6 Å². The molecular formula is C27H31N3O4S. The second kappa shape index (κ2) is 10.6. The van der Waals surface area contributed by atoms with Crippen LogP contribution in [0.3, 0.4) is 0 Å². The topological polar surface area (TPSA) is 95.6 Å². The first-order valence-electron chi connectivity index (χ1n) is 12.0. The summed E-state index contributed by atoms with van der Waals surface area (Å²) in [7, 11) is -3.79. The number of benzene rings is 3. The average molecular weight is 494 g/mol. The van der Waals surface area contributed by atoms with Gasteiger partial charge in [-0.05, 0) is 49.4 Å². The van der Waals surface area contributed by atoms with Gasteiger partial charge in [0.2, 0.25) is 15.9 Å². The van der Waals surface area contributed by atoms with E-state index in [1.165, 1.54) is 6.07 Å². The van der Waals surface area contributed by atoms with Gasteiger partial charge < -0.3 is 10.2 Å². The molecule has 7 nitrogen and oxygen atoms in total. The minimum atomic E-state index is -3.79. The van der Waals surface area contributed by atoms with Crippen molar-refractivity contribution in [1.82, 2.24) is 9.62 Å². The Morgan fingerprint density at radius 1 is 1.00 bits per heavy atom. The fourth-order valence-electron chi connectivity index (χ4n) is 4.54. The van der Waals surface area contributed by atoms with Crippen molar-refractivity contribution in [1.29, 1.82) is 0 Å². The summed E-state index contributed by atoms with van der Waals surface area (Å²) in [6, 6.07) is 17.6. The maximum absolute atomic E-state index is 13.2. The molecule has 0 saturated carbocycles. The lowest BCUT2D eigenvalue weighted by Gasteiger charge is -2.17. The number of nitrogens with zero attached hydrogens (tertiary/aromatic N) is 1. The van der Waals surface area contributed by atoms with Crippen LogP contribution in [0.5, 0.6) is 0 Å². The second-order valence-corrected chi connectivity index (χ2v) is 10.8. The third kappa shape index (κ3) is 5.55. The molecule has 1 heterocycles. The van der Waals surface area contributed by atoms with Gasteiger partial charge >= 0.3 is 0 Å². The predicted octanol–water partition coefficient (Wildman–Crippen LogP) is 4.33. The first-order chi connectivity index (χ1) is 16.8. The highest BCUT2D eigenvalue weighted by Crippen LogP contribution is 2.30. The molecule has 2 amide bonds. The maximum Gasteiger partial charge on any atom is 0.255 e. The fraction of sp³-hybridized carbons (Fsp3) is 0.333. The molecule has 1 aliphatic rings. The highest BCUT2D eigenvalue weighted by atomic mass is 32.2. The number of hydrogen-bond acceptors (Lipinski definition) is 4. The van der Waals surface area contributed by atoms with E-state index in [9.17, 15) is 18.0 Å². The number of likely N-dealkylation sites (tertiary alicyclic amines) is 1. The number of hydrogen-bond donors (Lipinski definition) is 2. The lowest BCUT2D eigenvalue weighted by Crippen LogP contribution is -2.33. The van der Waals surface area contributed by atoms with Gasteiger partial charge in [0, 0.05) is 48.1 Å². The van der Waals surface area contributed by atoms with E-state index >= 15 is 0 Å². The number of amides is 2. The molecule has 3 aromatic rings. The first-order valence-corrected chi connectivity index (χ1v) is 13.4. The Morgan fingerprint density at radius 2 is 1.71 bits per heavy atom. The summed E-state index contributed by atoms with van der Waals surface area (Å²) < 4.78 is 29.2. The minimum absolute atomic E-state index is 0.0875. The number of nitrogens with one attached hydrogen (secondary N) is 2. The highest BCUT2D eigenvalue weighted by molar-refractivity contribution is 7.89. The first kappa shape index (κ1) is 24.9. The van der Waals surface area contributed by atoms with Crippen molar-refractivity contribution in [3.63, 3.8) is 0 Å². The molecule has 4 rings (SSSR count). The van der Waals surface area contributed by atoms with E-state index in [-0.39, 0.29) is 29.2 Å². The third-order valence-corrected chi connectivity index (χ3v) is 7.96. The van der Waals surface area contributed by atoms with Gasteiger partial charge in [-0.3, -0.25) is 9.59 Å². The number of sulfonamides is 1. The van der Waals surface area contributed by atoms with Crippen molar-refractivity contribution < 1.29 is 18.0 Å². The van der Waals surface area contributed by atoms with E-state index in [1.54, 1.807) is 30.3 Å². The standard InChI is InChI=1S/C27H31N3O4S/c1-3-8-26(31)30-16-15-20(18-30)17-28-35(33,34)25-14-13-24(22-11-6-7-12-23(22)25)29-27(32)21-10-5-4-9-19(21)2/h4-7,9-14,20,28H,3,8,15-18H2,1-2H3,(H,29,32). The van der Waals surface area contributed by atoms with Crippen LogP contribution in [0.25, 0.3) is 10.8 Å². The van der Waals surface area contributed by atoms with Crippen LogP contribution < -0.4 is 10.0 Å². The summed E-state index contributed by atoms with van der Waals surface area (Å²) in [5, 5.41) is 4.12. The minimum Gasteiger partial charge on any atom is -0.342 e. The van der Waals surface area contributed by atoms with Gasteiger partial charge in [-0.1, -0.05) is 49.4 Å². The van der Waals surface area contributed by atoms with Crippen LogP contribution in [0.2, 0.25) is 0 Å². The molecule has 1 aliphatic heterocycles. The smallest absolute Gasteiger partial charge is 0.255 e. The molecule has 1 unspecified atom stereocenters. The molecule has 35 heavy (non-hydrogen) atoms. The maximum atomic E-state index is 13.2. The summed E-state index contributed by atoms with van der Waals surface area (Å²) in [5.74, 6) is -0.0258. The number of rotatable bonds is 8. The lowest BCUT2D eigenvalue weighted by molar-refractivity contribution is -0.130. The van der Waals surface area contributed by atoms with Crippen molar-refractivity contribution in [2.45, 2.75) is 38.0 Å². The molecule has 0 aliphatic carbocycles. The fourth-order valence-corrected chi connectivity index (χ4v) is 5.86. The molecule has 2 N–H and O–H groups in total. The third-order valence-electron chi connectivity index (χ3n) is 6.48. The van der Waals surface area contributed by atoms with Crippen LogP contribution in [-0.2, 0) is 14.8 Å².